The van der Waals surface area contributed by atoms with Crippen LogP contribution in [0, 0.1) is 0 Å². The van der Waals surface area contributed by atoms with Gasteiger partial charge in [-0.1, -0.05) is 26.2 Å². The van der Waals surface area contributed by atoms with Gasteiger partial charge in [0.15, 0.2) is 11.5 Å². The number of aryl methyl sites for hydroxylation is 1. The first-order valence-electron chi connectivity index (χ1n) is 8.50. The van der Waals surface area contributed by atoms with Crippen molar-refractivity contribution in [3.8, 4) is 11.5 Å². The highest BCUT2D eigenvalue weighted by molar-refractivity contribution is 5.80. The highest BCUT2D eigenvalue weighted by Gasteiger charge is 2.14. The summed E-state index contributed by atoms with van der Waals surface area (Å²) in [6.07, 6.45) is 5.90. The summed E-state index contributed by atoms with van der Waals surface area (Å²) in [6.45, 7) is 4.17. The summed E-state index contributed by atoms with van der Waals surface area (Å²) in [6, 6.07) is 4.02. The number of imidazole rings is 1. The van der Waals surface area contributed by atoms with Gasteiger partial charge in [-0.3, -0.25) is 0 Å². The quantitative estimate of drug-likeness (QED) is 0.682. The minimum atomic E-state index is 0.732. The number of hydrogen-bond donors (Lipinski definition) is 1. The van der Waals surface area contributed by atoms with Crippen LogP contribution in [0.15, 0.2) is 12.1 Å². The number of fused-ring (bicyclic) bond motifs is 1. The van der Waals surface area contributed by atoms with Crippen LogP contribution in [0.5, 0.6) is 11.5 Å². The number of benzene rings is 1. The second-order valence-electron chi connectivity index (χ2n) is 5.79. The van der Waals surface area contributed by atoms with Gasteiger partial charge in [0.2, 0.25) is 0 Å². The van der Waals surface area contributed by atoms with Crippen LogP contribution < -0.4 is 14.8 Å². The molecule has 0 saturated heterocycles. The van der Waals surface area contributed by atoms with E-state index in [2.05, 4.69) is 16.8 Å². The molecule has 0 unspecified atom stereocenters. The number of methoxy groups -OCH3 is 2. The van der Waals surface area contributed by atoms with Gasteiger partial charge < -0.3 is 19.4 Å². The molecule has 0 aliphatic rings. The van der Waals surface area contributed by atoms with Crippen molar-refractivity contribution < 1.29 is 9.47 Å². The molecule has 0 spiro atoms. The van der Waals surface area contributed by atoms with Crippen molar-refractivity contribution in [2.45, 2.75) is 45.6 Å². The van der Waals surface area contributed by atoms with E-state index in [1.165, 1.54) is 25.7 Å². The molecule has 23 heavy (non-hydrogen) atoms. The zero-order valence-electron chi connectivity index (χ0n) is 14.8. The van der Waals surface area contributed by atoms with Crippen molar-refractivity contribution >= 4 is 11.0 Å². The van der Waals surface area contributed by atoms with Gasteiger partial charge in [0, 0.05) is 31.6 Å². The van der Waals surface area contributed by atoms with Gasteiger partial charge in [-0.2, -0.15) is 0 Å². The molecule has 1 heterocycles. The third-order valence-electron chi connectivity index (χ3n) is 4.17. The highest BCUT2D eigenvalue weighted by Crippen LogP contribution is 2.32. The van der Waals surface area contributed by atoms with Crippen LogP contribution in [0.1, 0.15) is 38.4 Å². The van der Waals surface area contributed by atoms with E-state index in [0.717, 1.165) is 47.9 Å². The Balaban J connectivity index is 2.36. The molecule has 0 fully saturated rings. The lowest BCUT2D eigenvalue weighted by Crippen LogP contribution is -2.14. The fraction of sp³-hybridized carbons (Fsp3) is 0.611. The van der Waals surface area contributed by atoms with E-state index in [0.29, 0.717) is 0 Å². The number of hydrogen-bond acceptors (Lipinski definition) is 4. The Kier molecular flexibility index (Phi) is 6.71. The maximum absolute atomic E-state index is 5.45. The van der Waals surface area contributed by atoms with Crippen molar-refractivity contribution in [2.75, 3.05) is 27.8 Å². The van der Waals surface area contributed by atoms with Gasteiger partial charge in [-0.05, 0) is 13.5 Å². The molecule has 0 amide bonds. The van der Waals surface area contributed by atoms with Crippen LogP contribution in [-0.4, -0.2) is 37.4 Å². The lowest BCUT2D eigenvalue weighted by atomic mass is 10.2. The summed E-state index contributed by atoms with van der Waals surface area (Å²) in [4.78, 5) is 4.82. The van der Waals surface area contributed by atoms with Crippen molar-refractivity contribution in [3.05, 3.63) is 18.0 Å². The number of likely N-dealkylation sites (N-methyl/N-ethyl adjacent to an activating group) is 1. The number of ether oxygens (including phenoxy) is 2. The number of nitrogens with one attached hydrogen (secondary N) is 1. The highest BCUT2D eigenvalue weighted by atomic mass is 16.5. The first-order valence-corrected chi connectivity index (χ1v) is 8.50. The average Bonchev–Trinajstić information content (AvgIpc) is 2.92. The Morgan fingerprint density at radius 3 is 2.48 bits per heavy atom. The van der Waals surface area contributed by atoms with E-state index in [4.69, 9.17) is 14.5 Å². The van der Waals surface area contributed by atoms with Gasteiger partial charge >= 0.3 is 0 Å². The predicted octanol–water partition coefficient (Wildman–Crippen LogP) is 3.40. The molecule has 1 aromatic heterocycles. The van der Waals surface area contributed by atoms with E-state index in [1.54, 1.807) is 14.2 Å². The Hall–Kier alpha value is -1.75. The maximum Gasteiger partial charge on any atom is 0.163 e. The van der Waals surface area contributed by atoms with E-state index < -0.39 is 0 Å². The molecule has 128 valence electrons. The molecule has 0 bridgehead atoms. The van der Waals surface area contributed by atoms with Crippen LogP contribution in [0.2, 0.25) is 0 Å². The summed E-state index contributed by atoms with van der Waals surface area (Å²) in [5.41, 5.74) is 2.11. The third kappa shape index (κ3) is 4.16. The fourth-order valence-electron chi connectivity index (χ4n) is 2.88. The summed E-state index contributed by atoms with van der Waals surface area (Å²) in [5, 5.41) is 3.21. The van der Waals surface area contributed by atoms with Crippen molar-refractivity contribution in [1.29, 1.82) is 0 Å². The summed E-state index contributed by atoms with van der Waals surface area (Å²) < 4.78 is 13.2. The van der Waals surface area contributed by atoms with Gasteiger partial charge in [-0.15, -0.1) is 0 Å². The van der Waals surface area contributed by atoms with E-state index >= 15 is 0 Å². The molecule has 0 saturated carbocycles. The normalized spacial score (nSPS) is 11.1. The number of aromatic nitrogens is 2. The topological polar surface area (TPSA) is 48.3 Å². The summed E-state index contributed by atoms with van der Waals surface area (Å²) in [7, 11) is 5.31. The number of unbranched alkanes of at least 4 members (excludes halogenated alkanes) is 3. The number of rotatable bonds is 10. The molecule has 5 heteroatoms. The van der Waals surface area contributed by atoms with E-state index in [9.17, 15) is 0 Å². The molecule has 1 aromatic carbocycles. The van der Waals surface area contributed by atoms with E-state index in [1.807, 2.05) is 19.2 Å². The molecule has 2 rings (SSSR count). The first kappa shape index (κ1) is 17.6. The van der Waals surface area contributed by atoms with Gasteiger partial charge in [0.05, 0.1) is 25.3 Å². The predicted molar refractivity (Wildman–Crippen MR) is 94.6 cm³/mol. The van der Waals surface area contributed by atoms with Crippen molar-refractivity contribution in [3.63, 3.8) is 0 Å². The van der Waals surface area contributed by atoms with Gasteiger partial charge in [0.1, 0.15) is 5.82 Å². The molecule has 5 nitrogen and oxygen atoms in total. The SMILES string of the molecule is CCCCCCn1c(CCNC)nc2cc(OC)c(OC)cc21. The smallest absolute Gasteiger partial charge is 0.163 e. The lowest BCUT2D eigenvalue weighted by Gasteiger charge is -2.11. The standard InChI is InChI=1S/C18H29N3O2/c1-5-6-7-8-11-21-15-13-17(23-4)16(22-3)12-14(15)20-18(21)9-10-19-2/h12-13,19H,5-11H2,1-4H3. The Labute approximate surface area is 139 Å². The molecule has 0 aliphatic carbocycles. The first-order chi connectivity index (χ1) is 11.2. The second kappa shape index (κ2) is 8.77. The molecule has 0 radical (unpaired) electrons. The zero-order chi connectivity index (χ0) is 16.7. The van der Waals surface area contributed by atoms with Gasteiger partial charge in [-0.25, -0.2) is 4.98 Å². The molecule has 0 aliphatic heterocycles. The Bertz CT molecular complexity index is 622. The van der Waals surface area contributed by atoms with Crippen LogP contribution in [-0.2, 0) is 13.0 Å². The van der Waals surface area contributed by atoms with Crippen molar-refractivity contribution in [2.24, 2.45) is 0 Å². The molecule has 1 N–H and O–H groups in total. The van der Waals surface area contributed by atoms with Crippen LogP contribution in [0.4, 0.5) is 0 Å². The summed E-state index contributed by atoms with van der Waals surface area (Å²) in [5.74, 6) is 2.62. The second-order valence-corrected chi connectivity index (χ2v) is 5.79. The van der Waals surface area contributed by atoms with Crippen molar-refractivity contribution in [1.82, 2.24) is 14.9 Å². The Morgan fingerprint density at radius 1 is 1.09 bits per heavy atom. The molecule has 0 atom stereocenters. The largest absolute Gasteiger partial charge is 0.493 e. The zero-order valence-corrected chi connectivity index (χ0v) is 14.8. The molecule has 2 aromatic rings. The fourth-order valence-corrected chi connectivity index (χ4v) is 2.88. The third-order valence-corrected chi connectivity index (χ3v) is 4.17. The average molecular weight is 319 g/mol. The van der Waals surface area contributed by atoms with Crippen LogP contribution in [0.3, 0.4) is 0 Å². The Morgan fingerprint density at radius 2 is 1.83 bits per heavy atom. The molecular weight excluding hydrogens is 290 g/mol. The lowest BCUT2D eigenvalue weighted by molar-refractivity contribution is 0.355. The monoisotopic (exact) mass is 319 g/mol. The minimum absolute atomic E-state index is 0.732. The van der Waals surface area contributed by atoms with Crippen LogP contribution >= 0.6 is 0 Å². The number of nitrogens with zero attached hydrogens (tertiary/aromatic N) is 2. The minimum Gasteiger partial charge on any atom is -0.493 e. The van der Waals surface area contributed by atoms with E-state index in [-0.39, 0.29) is 0 Å². The maximum atomic E-state index is 5.45. The molecular formula is C18H29N3O2. The van der Waals surface area contributed by atoms with Crippen LogP contribution in [0.25, 0.3) is 11.0 Å². The van der Waals surface area contributed by atoms with Gasteiger partial charge in [0.25, 0.3) is 0 Å². The summed E-state index contributed by atoms with van der Waals surface area (Å²) >= 11 is 0.